The summed E-state index contributed by atoms with van der Waals surface area (Å²) >= 11 is 0. The zero-order valence-corrected chi connectivity index (χ0v) is 17.7. The van der Waals surface area contributed by atoms with Gasteiger partial charge in [-0.1, -0.05) is 90.0 Å². The molecule has 3 rings (SSSR count). The molecule has 0 nitrogen and oxygen atoms in total. The van der Waals surface area contributed by atoms with Gasteiger partial charge in [0.1, 0.15) is 0 Å². The molecule has 1 aromatic carbocycles. The predicted molar refractivity (Wildman–Crippen MR) is 115 cm³/mol. The fraction of sp³-hybridized carbons (Fsp3) is 0.769. The van der Waals surface area contributed by atoms with Crippen LogP contribution in [0, 0.1) is 17.3 Å². The SMILES string of the molecule is CCCC1CCC(CCc2ccc(C3CCC(C)(CC)CC3)cc2)CC1. The number of aryl methyl sites for hydroxylation is 1. The first kappa shape index (κ1) is 20.0. The van der Waals surface area contributed by atoms with Crippen molar-refractivity contribution < 1.29 is 0 Å². The molecule has 0 aliphatic heterocycles. The van der Waals surface area contributed by atoms with E-state index in [0.29, 0.717) is 5.41 Å². The van der Waals surface area contributed by atoms with Crippen molar-refractivity contribution in [3.05, 3.63) is 35.4 Å². The van der Waals surface area contributed by atoms with Crippen LogP contribution in [0.1, 0.15) is 115 Å². The molecule has 146 valence electrons. The summed E-state index contributed by atoms with van der Waals surface area (Å²) in [5.41, 5.74) is 3.79. The minimum Gasteiger partial charge on any atom is -0.0654 e. The van der Waals surface area contributed by atoms with E-state index < -0.39 is 0 Å². The number of rotatable bonds is 7. The monoisotopic (exact) mass is 354 g/mol. The molecule has 0 unspecified atom stereocenters. The molecule has 2 saturated carbocycles. The lowest BCUT2D eigenvalue weighted by atomic mass is 9.69. The Balaban J connectivity index is 1.42. The second-order valence-corrected chi connectivity index (χ2v) is 9.89. The topological polar surface area (TPSA) is 0 Å². The maximum atomic E-state index is 2.49. The minimum absolute atomic E-state index is 0.618. The van der Waals surface area contributed by atoms with Gasteiger partial charge in [0.05, 0.1) is 0 Å². The first-order valence-electron chi connectivity index (χ1n) is 11.7. The third-order valence-corrected chi connectivity index (χ3v) is 8.00. The Labute approximate surface area is 163 Å². The highest BCUT2D eigenvalue weighted by atomic mass is 14.3. The van der Waals surface area contributed by atoms with Gasteiger partial charge in [-0.25, -0.2) is 0 Å². The lowest BCUT2D eigenvalue weighted by Gasteiger charge is -2.37. The van der Waals surface area contributed by atoms with E-state index in [1.165, 1.54) is 83.5 Å². The molecule has 0 atom stereocenters. The van der Waals surface area contributed by atoms with Crippen LogP contribution < -0.4 is 0 Å². The summed E-state index contributed by atoms with van der Waals surface area (Å²) in [7, 11) is 0. The van der Waals surface area contributed by atoms with Crippen LogP contribution in [-0.2, 0) is 6.42 Å². The van der Waals surface area contributed by atoms with Crippen LogP contribution >= 0.6 is 0 Å². The molecule has 1 aromatic rings. The number of hydrogen-bond acceptors (Lipinski definition) is 0. The van der Waals surface area contributed by atoms with Gasteiger partial charge in [0.15, 0.2) is 0 Å². The van der Waals surface area contributed by atoms with Crippen LogP contribution in [0.3, 0.4) is 0 Å². The first-order chi connectivity index (χ1) is 12.6. The van der Waals surface area contributed by atoms with Crippen LogP contribution in [0.5, 0.6) is 0 Å². The molecule has 26 heavy (non-hydrogen) atoms. The Kier molecular flexibility index (Phi) is 7.24. The molecule has 2 aliphatic rings. The summed E-state index contributed by atoms with van der Waals surface area (Å²) in [4.78, 5) is 0. The van der Waals surface area contributed by atoms with E-state index >= 15 is 0 Å². The Morgan fingerprint density at radius 3 is 1.92 bits per heavy atom. The predicted octanol–water partition coefficient (Wildman–Crippen LogP) is 8.30. The maximum Gasteiger partial charge on any atom is -0.0162 e. The highest BCUT2D eigenvalue weighted by Crippen LogP contribution is 2.44. The third-order valence-electron chi connectivity index (χ3n) is 8.00. The Bertz CT molecular complexity index is 509. The lowest BCUT2D eigenvalue weighted by Crippen LogP contribution is -2.22. The highest BCUT2D eigenvalue weighted by Gasteiger charge is 2.30. The van der Waals surface area contributed by atoms with Gasteiger partial charge in [0, 0.05) is 0 Å². The quantitative estimate of drug-likeness (QED) is 0.462. The molecule has 0 heterocycles. The Morgan fingerprint density at radius 1 is 0.808 bits per heavy atom. The zero-order chi connectivity index (χ0) is 18.4. The van der Waals surface area contributed by atoms with Gasteiger partial charge < -0.3 is 0 Å². The second kappa shape index (κ2) is 9.43. The molecule has 0 bridgehead atoms. The second-order valence-electron chi connectivity index (χ2n) is 9.89. The van der Waals surface area contributed by atoms with E-state index in [1.807, 2.05) is 0 Å². The van der Waals surface area contributed by atoms with E-state index in [4.69, 9.17) is 0 Å². The molecule has 2 fully saturated rings. The number of hydrogen-bond donors (Lipinski definition) is 0. The summed E-state index contributed by atoms with van der Waals surface area (Å²) in [6, 6.07) is 9.77. The van der Waals surface area contributed by atoms with Crippen LogP contribution in [0.25, 0.3) is 0 Å². The smallest absolute Gasteiger partial charge is 0.0162 e. The third kappa shape index (κ3) is 5.37. The van der Waals surface area contributed by atoms with Crippen molar-refractivity contribution in [1.29, 1.82) is 0 Å². The van der Waals surface area contributed by atoms with Gasteiger partial charge in [-0.15, -0.1) is 0 Å². The minimum atomic E-state index is 0.618. The molecule has 0 radical (unpaired) electrons. The van der Waals surface area contributed by atoms with Crippen LogP contribution in [0.2, 0.25) is 0 Å². The Morgan fingerprint density at radius 2 is 1.38 bits per heavy atom. The van der Waals surface area contributed by atoms with Crippen molar-refractivity contribution in [1.82, 2.24) is 0 Å². The summed E-state index contributed by atoms with van der Waals surface area (Å²) in [5, 5.41) is 0. The molecule has 0 heteroatoms. The van der Waals surface area contributed by atoms with E-state index in [0.717, 1.165) is 17.8 Å². The molecule has 0 spiro atoms. The van der Waals surface area contributed by atoms with E-state index in [1.54, 1.807) is 11.1 Å². The van der Waals surface area contributed by atoms with Gasteiger partial charge in [-0.3, -0.25) is 0 Å². The molecule has 0 amide bonds. The molecular weight excluding hydrogens is 312 g/mol. The average Bonchev–Trinajstić information content (AvgIpc) is 2.69. The first-order valence-corrected chi connectivity index (χ1v) is 11.7. The largest absolute Gasteiger partial charge is 0.0654 e. The van der Waals surface area contributed by atoms with Crippen molar-refractivity contribution in [2.45, 2.75) is 110 Å². The van der Waals surface area contributed by atoms with Gasteiger partial charge in [-0.05, 0) is 72.8 Å². The van der Waals surface area contributed by atoms with Crippen LogP contribution in [0.4, 0.5) is 0 Å². The zero-order valence-electron chi connectivity index (χ0n) is 17.7. The van der Waals surface area contributed by atoms with Gasteiger partial charge in [0.2, 0.25) is 0 Å². The summed E-state index contributed by atoms with van der Waals surface area (Å²) in [5.74, 6) is 2.85. The standard InChI is InChI=1S/C26H42/c1-4-6-21-7-9-22(10-8-21)11-12-23-13-15-24(16-14-23)25-17-19-26(3,5-2)20-18-25/h13-16,21-22,25H,4-12,17-20H2,1-3H3. The van der Waals surface area contributed by atoms with Gasteiger partial charge in [-0.2, -0.15) is 0 Å². The molecular formula is C26H42. The van der Waals surface area contributed by atoms with E-state index in [2.05, 4.69) is 45.0 Å². The molecule has 0 aromatic heterocycles. The van der Waals surface area contributed by atoms with Gasteiger partial charge >= 0.3 is 0 Å². The number of benzene rings is 1. The van der Waals surface area contributed by atoms with Crippen molar-refractivity contribution in [2.75, 3.05) is 0 Å². The highest BCUT2D eigenvalue weighted by molar-refractivity contribution is 5.26. The molecule has 0 saturated heterocycles. The molecule has 2 aliphatic carbocycles. The van der Waals surface area contributed by atoms with E-state index in [-0.39, 0.29) is 0 Å². The fourth-order valence-electron chi connectivity index (χ4n) is 5.55. The van der Waals surface area contributed by atoms with Crippen molar-refractivity contribution in [2.24, 2.45) is 17.3 Å². The lowest BCUT2D eigenvalue weighted by molar-refractivity contribution is 0.191. The molecule has 0 N–H and O–H groups in total. The average molecular weight is 355 g/mol. The maximum absolute atomic E-state index is 2.49. The van der Waals surface area contributed by atoms with Crippen molar-refractivity contribution >= 4 is 0 Å². The van der Waals surface area contributed by atoms with E-state index in [9.17, 15) is 0 Å². The van der Waals surface area contributed by atoms with Crippen LogP contribution in [-0.4, -0.2) is 0 Å². The summed E-state index contributed by atoms with van der Waals surface area (Å²) in [6.45, 7) is 7.19. The normalized spacial score (nSPS) is 32.5. The van der Waals surface area contributed by atoms with Gasteiger partial charge in [0.25, 0.3) is 0 Å². The Hall–Kier alpha value is -0.780. The van der Waals surface area contributed by atoms with Crippen LogP contribution in [0.15, 0.2) is 24.3 Å². The summed E-state index contributed by atoms with van der Waals surface area (Å²) in [6.07, 6.45) is 18.5. The fourth-order valence-corrected chi connectivity index (χ4v) is 5.55. The summed E-state index contributed by atoms with van der Waals surface area (Å²) < 4.78 is 0. The van der Waals surface area contributed by atoms with Crippen molar-refractivity contribution in [3.8, 4) is 0 Å². The van der Waals surface area contributed by atoms with Crippen molar-refractivity contribution in [3.63, 3.8) is 0 Å².